The van der Waals surface area contributed by atoms with Crippen LogP contribution in [0.1, 0.15) is 13.8 Å². The zero-order chi connectivity index (χ0) is 15.9. The molecule has 2 aromatic carbocycles. The first-order valence-corrected chi connectivity index (χ1v) is 7.79. The molecular weight excluding hydrogens is 298 g/mol. The smallest absolute Gasteiger partial charge is 0.260 e. The van der Waals surface area contributed by atoms with Gasteiger partial charge in [-0.25, -0.2) is 0 Å². The molecule has 1 amide bonds. The zero-order valence-corrected chi connectivity index (χ0v) is 13.6. The largest absolute Gasteiger partial charge is 0.482 e. The Hall–Kier alpha value is -2.00. The van der Waals surface area contributed by atoms with E-state index >= 15 is 0 Å². The molecule has 0 saturated heterocycles. The van der Waals surface area contributed by atoms with Crippen molar-refractivity contribution >= 4 is 17.5 Å². The van der Waals surface area contributed by atoms with Crippen LogP contribution in [0.3, 0.4) is 0 Å². The first-order chi connectivity index (χ1) is 10.7. The van der Waals surface area contributed by atoms with E-state index in [1.807, 2.05) is 56.3 Å². The first kappa shape index (κ1) is 16.4. The molecule has 0 radical (unpaired) electrons. The molecule has 0 saturated carbocycles. The van der Waals surface area contributed by atoms with Crippen LogP contribution in [-0.2, 0) is 4.79 Å². The van der Waals surface area contributed by atoms with E-state index in [1.165, 1.54) is 0 Å². The molecule has 22 heavy (non-hydrogen) atoms. The Labute approximate surface area is 136 Å². The second-order valence-corrected chi connectivity index (χ2v) is 5.27. The average molecular weight is 318 g/mol. The van der Waals surface area contributed by atoms with Crippen LogP contribution >= 0.6 is 11.6 Å². The molecule has 0 fully saturated rings. The van der Waals surface area contributed by atoms with E-state index in [-0.39, 0.29) is 12.5 Å². The lowest BCUT2D eigenvalue weighted by Crippen LogP contribution is -2.34. The molecule has 0 unspecified atom stereocenters. The number of likely N-dealkylation sites (N-methyl/N-ethyl adjacent to an activating group) is 1. The Balaban J connectivity index is 2.06. The Morgan fingerprint density at radius 3 is 2.32 bits per heavy atom. The maximum absolute atomic E-state index is 11.9. The summed E-state index contributed by atoms with van der Waals surface area (Å²) in [7, 11) is 0. The first-order valence-electron chi connectivity index (χ1n) is 7.41. The highest BCUT2D eigenvalue weighted by molar-refractivity contribution is 6.32. The molecule has 2 rings (SSSR count). The quantitative estimate of drug-likeness (QED) is 0.797. The van der Waals surface area contributed by atoms with E-state index in [0.29, 0.717) is 23.9 Å². The molecule has 0 N–H and O–H groups in total. The lowest BCUT2D eigenvalue weighted by molar-refractivity contribution is -0.132. The fourth-order valence-corrected chi connectivity index (χ4v) is 2.47. The van der Waals surface area contributed by atoms with Crippen LogP contribution in [-0.4, -0.2) is 30.5 Å². The zero-order valence-electron chi connectivity index (χ0n) is 12.9. The van der Waals surface area contributed by atoms with Crippen LogP contribution in [0.5, 0.6) is 5.75 Å². The summed E-state index contributed by atoms with van der Waals surface area (Å²) in [5, 5.41) is 0.508. The van der Waals surface area contributed by atoms with Gasteiger partial charge in [0.1, 0.15) is 5.75 Å². The van der Waals surface area contributed by atoms with Crippen molar-refractivity contribution in [1.82, 2.24) is 4.90 Å². The molecule has 0 aliphatic rings. The summed E-state index contributed by atoms with van der Waals surface area (Å²) in [5.41, 5.74) is 2.11. The van der Waals surface area contributed by atoms with Crippen LogP contribution in [0, 0.1) is 0 Å². The van der Waals surface area contributed by atoms with Gasteiger partial charge in [-0.05, 0) is 37.1 Å². The van der Waals surface area contributed by atoms with Crippen molar-refractivity contribution in [2.24, 2.45) is 0 Å². The van der Waals surface area contributed by atoms with Gasteiger partial charge < -0.3 is 9.64 Å². The van der Waals surface area contributed by atoms with Gasteiger partial charge >= 0.3 is 0 Å². The van der Waals surface area contributed by atoms with Crippen molar-refractivity contribution < 1.29 is 9.53 Å². The number of amides is 1. The third kappa shape index (κ3) is 4.01. The molecule has 116 valence electrons. The molecular formula is C18H20ClNO2. The van der Waals surface area contributed by atoms with Crippen LogP contribution in [0.15, 0.2) is 48.5 Å². The summed E-state index contributed by atoms with van der Waals surface area (Å²) in [4.78, 5) is 13.7. The van der Waals surface area contributed by atoms with Gasteiger partial charge in [-0.3, -0.25) is 4.79 Å². The van der Waals surface area contributed by atoms with Gasteiger partial charge in [-0.1, -0.05) is 48.0 Å². The van der Waals surface area contributed by atoms with Crippen molar-refractivity contribution in [3.05, 3.63) is 53.6 Å². The van der Waals surface area contributed by atoms with Gasteiger partial charge in [0.15, 0.2) is 6.61 Å². The van der Waals surface area contributed by atoms with Crippen molar-refractivity contribution in [1.29, 1.82) is 0 Å². The number of rotatable bonds is 6. The Bertz CT molecular complexity index is 624. The minimum absolute atomic E-state index is 0.00604. The predicted molar refractivity (Wildman–Crippen MR) is 90.3 cm³/mol. The summed E-state index contributed by atoms with van der Waals surface area (Å²) in [6, 6.07) is 15.6. The molecule has 0 bridgehead atoms. The lowest BCUT2D eigenvalue weighted by atomic mass is 10.1. The fraction of sp³-hybridized carbons (Fsp3) is 0.278. The summed E-state index contributed by atoms with van der Waals surface area (Å²) < 4.78 is 5.55. The van der Waals surface area contributed by atoms with Gasteiger partial charge in [0.05, 0.1) is 5.02 Å². The van der Waals surface area contributed by atoms with Crippen LogP contribution in [0.2, 0.25) is 5.02 Å². The van der Waals surface area contributed by atoms with Crippen molar-refractivity contribution in [3.8, 4) is 16.9 Å². The highest BCUT2D eigenvalue weighted by atomic mass is 35.5. The minimum atomic E-state index is -0.0341. The van der Waals surface area contributed by atoms with E-state index in [2.05, 4.69) is 0 Å². The Kier molecular flexibility index (Phi) is 5.84. The maximum Gasteiger partial charge on any atom is 0.260 e. The molecule has 0 atom stereocenters. The van der Waals surface area contributed by atoms with Crippen molar-refractivity contribution in [2.75, 3.05) is 19.7 Å². The summed E-state index contributed by atoms with van der Waals surface area (Å²) >= 11 is 6.26. The standard InChI is InChI=1S/C18H20ClNO2/c1-3-20(4-2)18(21)13-22-17-11-10-15(12-16(17)19)14-8-6-5-7-9-14/h5-12H,3-4,13H2,1-2H3. The van der Waals surface area contributed by atoms with Gasteiger partial charge in [0.2, 0.25) is 0 Å². The van der Waals surface area contributed by atoms with Crippen LogP contribution in [0.25, 0.3) is 11.1 Å². The third-order valence-electron chi connectivity index (χ3n) is 3.51. The van der Waals surface area contributed by atoms with Crippen LogP contribution in [0.4, 0.5) is 0 Å². The molecule has 0 aromatic heterocycles. The molecule has 0 aliphatic heterocycles. The topological polar surface area (TPSA) is 29.5 Å². The van der Waals surface area contributed by atoms with Crippen molar-refractivity contribution in [2.45, 2.75) is 13.8 Å². The second kappa shape index (κ2) is 7.85. The fourth-order valence-electron chi connectivity index (χ4n) is 2.24. The number of carbonyl (C=O) groups is 1. The number of halogens is 1. The number of nitrogens with zero attached hydrogens (tertiary/aromatic N) is 1. The SMILES string of the molecule is CCN(CC)C(=O)COc1ccc(-c2ccccc2)cc1Cl. The molecule has 0 aliphatic carbocycles. The van der Waals surface area contributed by atoms with Gasteiger partial charge in [0, 0.05) is 13.1 Å². The number of hydrogen-bond acceptors (Lipinski definition) is 2. The number of benzene rings is 2. The van der Waals surface area contributed by atoms with Crippen molar-refractivity contribution in [3.63, 3.8) is 0 Å². The average Bonchev–Trinajstić information content (AvgIpc) is 2.55. The molecule has 2 aromatic rings. The van der Waals surface area contributed by atoms with E-state index in [4.69, 9.17) is 16.3 Å². The lowest BCUT2D eigenvalue weighted by Gasteiger charge is -2.19. The van der Waals surface area contributed by atoms with E-state index < -0.39 is 0 Å². The van der Waals surface area contributed by atoms with E-state index in [9.17, 15) is 4.79 Å². The van der Waals surface area contributed by atoms with Crippen LogP contribution < -0.4 is 4.74 Å². The maximum atomic E-state index is 11.9. The second-order valence-electron chi connectivity index (χ2n) is 4.87. The highest BCUT2D eigenvalue weighted by Gasteiger charge is 2.12. The summed E-state index contributed by atoms with van der Waals surface area (Å²) in [6.07, 6.45) is 0. The number of carbonyl (C=O) groups excluding carboxylic acids is 1. The highest BCUT2D eigenvalue weighted by Crippen LogP contribution is 2.30. The third-order valence-corrected chi connectivity index (χ3v) is 3.80. The minimum Gasteiger partial charge on any atom is -0.482 e. The normalized spacial score (nSPS) is 10.3. The Morgan fingerprint density at radius 1 is 1.05 bits per heavy atom. The molecule has 0 heterocycles. The number of hydrogen-bond donors (Lipinski definition) is 0. The summed E-state index contributed by atoms with van der Waals surface area (Å²) in [5.74, 6) is 0.495. The number of ether oxygens (including phenoxy) is 1. The predicted octanol–water partition coefficient (Wildman–Crippen LogP) is 4.25. The van der Waals surface area contributed by atoms with Gasteiger partial charge in [-0.15, -0.1) is 0 Å². The summed E-state index contributed by atoms with van der Waals surface area (Å²) in [6.45, 7) is 5.26. The monoisotopic (exact) mass is 317 g/mol. The van der Waals surface area contributed by atoms with E-state index in [1.54, 1.807) is 11.0 Å². The van der Waals surface area contributed by atoms with E-state index in [0.717, 1.165) is 11.1 Å². The van der Waals surface area contributed by atoms with Gasteiger partial charge in [0.25, 0.3) is 5.91 Å². The molecule has 4 heteroatoms. The molecule has 3 nitrogen and oxygen atoms in total. The van der Waals surface area contributed by atoms with Gasteiger partial charge in [-0.2, -0.15) is 0 Å². The Morgan fingerprint density at radius 2 is 1.73 bits per heavy atom. The molecule has 0 spiro atoms.